The van der Waals surface area contributed by atoms with E-state index in [1.54, 1.807) is 0 Å². The molecule has 4 rings (SSSR count). The summed E-state index contributed by atoms with van der Waals surface area (Å²) in [5, 5.41) is 11.2. The molecule has 2 fully saturated rings. The molecule has 2 aliphatic heterocycles. The number of amides is 1. The first-order valence-electron chi connectivity index (χ1n) is 9.72. The van der Waals surface area contributed by atoms with Crippen molar-refractivity contribution >= 4 is 5.91 Å². The van der Waals surface area contributed by atoms with E-state index >= 15 is 0 Å². The third kappa shape index (κ3) is 3.38. The Morgan fingerprint density at radius 3 is 2.70 bits per heavy atom. The molecule has 1 atom stereocenters. The maximum atomic E-state index is 12.6. The van der Waals surface area contributed by atoms with Crippen LogP contribution in [0.3, 0.4) is 0 Å². The molecule has 0 radical (unpaired) electrons. The predicted octanol–water partition coefficient (Wildman–Crippen LogP) is 2.52. The van der Waals surface area contributed by atoms with E-state index in [-0.39, 0.29) is 23.3 Å². The van der Waals surface area contributed by atoms with Crippen molar-refractivity contribution in [1.29, 1.82) is 0 Å². The van der Waals surface area contributed by atoms with E-state index in [0.717, 1.165) is 50.4 Å². The van der Waals surface area contributed by atoms with E-state index in [9.17, 15) is 4.79 Å². The normalized spacial score (nSPS) is 22.9. The van der Waals surface area contributed by atoms with Crippen molar-refractivity contribution < 1.29 is 9.32 Å². The lowest BCUT2D eigenvalue weighted by Crippen LogP contribution is -2.44. The van der Waals surface area contributed by atoms with Crippen LogP contribution < -0.4 is 0 Å². The highest BCUT2D eigenvalue weighted by Crippen LogP contribution is 2.47. The lowest BCUT2D eigenvalue weighted by Gasteiger charge is -2.39. The molecular formula is C19H28N6O2. The van der Waals surface area contributed by atoms with Gasteiger partial charge in [-0.25, -0.2) is 0 Å². The molecule has 1 unspecified atom stereocenters. The van der Waals surface area contributed by atoms with Crippen LogP contribution in [0.5, 0.6) is 0 Å². The number of carbonyl (C=O) groups excluding carboxylic acids is 1. The molecule has 0 saturated carbocycles. The van der Waals surface area contributed by atoms with E-state index in [4.69, 9.17) is 4.52 Å². The molecule has 27 heavy (non-hydrogen) atoms. The number of H-pyrrole nitrogens is 1. The van der Waals surface area contributed by atoms with Gasteiger partial charge in [-0.1, -0.05) is 19.0 Å². The average Bonchev–Trinajstić information content (AvgIpc) is 3.34. The highest BCUT2D eigenvalue weighted by molar-refractivity contribution is 5.92. The van der Waals surface area contributed by atoms with Crippen LogP contribution in [0.15, 0.2) is 10.6 Å². The third-order valence-electron chi connectivity index (χ3n) is 6.03. The number of aromatic nitrogens is 4. The van der Waals surface area contributed by atoms with Gasteiger partial charge in [0.2, 0.25) is 5.89 Å². The van der Waals surface area contributed by atoms with Crippen molar-refractivity contribution in [2.75, 3.05) is 26.7 Å². The molecule has 0 aromatic carbocycles. The van der Waals surface area contributed by atoms with Crippen LogP contribution >= 0.6 is 0 Å². The Morgan fingerprint density at radius 2 is 2.11 bits per heavy atom. The molecule has 8 heteroatoms. The summed E-state index contributed by atoms with van der Waals surface area (Å²) in [4.78, 5) is 21.5. The predicted molar refractivity (Wildman–Crippen MR) is 99.3 cm³/mol. The lowest BCUT2D eigenvalue weighted by atomic mass is 9.76. The van der Waals surface area contributed by atoms with Gasteiger partial charge in [-0.15, -0.1) is 0 Å². The summed E-state index contributed by atoms with van der Waals surface area (Å²) < 4.78 is 5.41. The smallest absolute Gasteiger partial charge is 0.274 e. The molecule has 1 N–H and O–H groups in total. The van der Waals surface area contributed by atoms with Gasteiger partial charge in [-0.2, -0.15) is 10.1 Å². The number of hydrogen-bond donors (Lipinski definition) is 1. The Kier molecular flexibility index (Phi) is 4.53. The second-order valence-corrected chi connectivity index (χ2v) is 8.51. The lowest BCUT2D eigenvalue weighted by molar-refractivity contribution is 0.0587. The van der Waals surface area contributed by atoms with Gasteiger partial charge in [0.1, 0.15) is 5.69 Å². The number of aromatic amines is 1. The van der Waals surface area contributed by atoms with Crippen LogP contribution in [-0.2, 0) is 0 Å². The summed E-state index contributed by atoms with van der Waals surface area (Å²) in [6.45, 7) is 8.58. The van der Waals surface area contributed by atoms with Crippen molar-refractivity contribution in [2.45, 2.75) is 52.0 Å². The van der Waals surface area contributed by atoms with E-state index < -0.39 is 0 Å². The number of nitrogens with zero attached hydrogens (tertiary/aromatic N) is 5. The zero-order valence-electron chi connectivity index (χ0n) is 16.5. The second kappa shape index (κ2) is 6.74. The van der Waals surface area contributed by atoms with E-state index in [0.29, 0.717) is 11.6 Å². The molecule has 0 bridgehead atoms. The van der Waals surface area contributed by atoms with E-state index in [2.05, 4.69) is 46.1 Å². The topological polar surface area (TPSA) is 91.2 Å². The molecule has 8 nitrogen and oxygen atoms in total. The van der Waals surface area contributed by atoms with Crippen LogP contribution in [0.2, 0.25) is 0 Å². The zero-order chi connectivity index (χ0) is 19.2. The maximum absolute atomic E-state index is 12.6. The standard InChI is InChI=1S/C19H28N6O2/c1-12(2)17-20-16(23-27-17)15-10-19(11-24(15)4)5-7-25(8-6-19)18(26)14-9-13(3)21-22-14/h9,12,15H,5-8,10-11H2,1-4H3,(H,21,22). The van der Waals surface area contributed by atoms with Crippen LogP contribution in [0, 0.1) is 12.3 Å². The Hall–Kier alpha value is -2.22. The van der Waals surface area contributed by atoms with Gasteiger partial charge < -0.3 is 9.42 Å². The molecule has 1 spiro atoms. The van der Waals surface area contributed by atoms with Crippen LogP contribution in [0.25, 0.3) is 0 Å². The highest BCUT2D eigenvalue weighted by atomic mass is 16.5. The fraction of sp³-hybridized carbons (Fsp3) is 0.684. The molecule has 2 aliphatic rings. The minimum atomic E-state index is 0.0249. The van der Waals surface area contributed by atoms with Gasteiger partial charge in [-0.3, -0.25) is 14.8 Å². The molecule has 2 aromatic rings. The number of piperidine rings is 1. The molecular weight excluding hydrogens is 344 g/mol. The number of nitrogens with one attached hydrogen (secondary N) is 1. The first kappa shape index (κ1) is 18.2. The van der Waals surface area contributed by atoms with Crippen LogP contribution in [0.1, 0.15) is 73.0 Å². The van der Waals surface area contributed by atoms with Gasteiger partial charge >= 0.3 is 0 Å². The summed E-state index contributed by atoms with van der Waals surface area (Å²) in [5.74, 6) is 1.77. The molecule has 146 valence electrons. The molecule has 0 aliphatic carbocycles. The van der Waals surface area contributed by atoms with Crippen molar-refractivity contribution in [3.63, 3.8) is 0 Å². The van der Waals surface area contributed by atoms with Gasteiger partial charge in [-0.05, 0) is 44.7 Å². The Balaban J connectivity index is 1.41. The highest BCUT2D eigenvalue weighted by Gasteiger charge is 2.46. The number of aryl methyl sites for hydroxylation is 1. The first-order chi connectivity index (χ1) is 12.9. The largest absolute Gasteiger partial charge is 0.339 e. The van der Waals surface area contributed by atoms with Gasteiger partial charge in [0.15, 0.2) is 5.82 Å². The SMILES string of the molecule is Cc1cc(C(=O)N2CCC3(CC2)CC(c2noc(C(C)C)n2)N(C)C3)n[nH]1. The second-order valence-electron chi connectivity index (χ2n) is 8.51. The first-order valence-corrected chi connectivity index (χ1v) is 9.72. The van der Waals surface area contributed by atoms with Crippen molar-refractivity contribution in [2.24, 2.45) is 5.41 Å². The number of hydrogen-bond acceptors (Lipinski definition) is 6. The quantitative estimate of drug-likeness (QED) is 0.890. The zero-order valence-corrected chi connectivity index (χ0v) is 16.5. The number of carbonyl (C=O) groups is 1. The summed E-state index contributed by atoms with van der Waals surface area (Å²) in [6, 6.07) is 2.01. The van der Waals surface area contributed by atoms with Gasteiger partial charge in [0.25, 0.3) is 5.91 Å². The van der Waals surface area contributed by atoms with E-state index in [1.165, 1.54) is 0 Å². The Bertz CT molecular complexity index is 818. The Labute approximate surface area is 159 Å². The van der Waals surface area contributed by atoms with Crippen LogP contribution in [0.4, 0.5) is 0 Å². The fourth-order valence-electron chi connectivity index (χ4n) is 4.41. The third-order valence-corrected chi connectivity index (χ3v) is 6.03. The summed E-state index contributed by atoms with van der Waals surface area (Å²) in [7, 11) is 2.13. The van der Waals surface area contributed by atoms with Gasteiger partial charge in [0.05, 0.1) is 6.04 Å². The summed E-state index contributed by atoms with van der Waals surface area (Å²) >= 11 is 0. The number of likely N-dealkylation sites (tertiary alicyclic amines) is 2. The van der Waals surface area contributed by atoms with Crippen molar-refractivity contribution in [3.05, 3.63) is 29.2 Å². The summed E-state index contributed by atoms with van der Waals surface area (Å²) in [5.41, 5.74) is 1.64. The molecule has 2 saturated heterocycles. The Morgan fingerprint density at radius 1 is 1.37 bits per heavy atom. The van der Waals surface area contributed by atoms with Gasteiger partial charge in [0, 0.05) is 31.2 Å². The molecule has 1 amide bonds. The van der Waals surface area contributed by atoms with Crippen molar-refractivity contribution in [1.82, 2.24) is 30.1 Å². The maximum Gasteiger partial charge on any atom is 0.274 e. The van der Waals surface area contributed by atoms with E-state index in [1.807, 2.05) is 17.9 Å². The average molecular weight is 372 g/mol. The monoisotopic (exact) mass is 372 g/mol. The molecule has 4 heterocycles. The molecule has 2 aromatic heterocycles. The number of rotatable bonds is 3. The summed E-state index contributed by atoms with van der Waals surface area (Å²) in [6.07, 6.45) is 3.01. The van der Waals surface area contributed by atoms with Crippen LogP contribution in [-0.4, -0.2) is 62.7 Å². The fourth-order valence-corrected chi connectivity index (χ4v) is 4.41. The minimum Gasteiger partial charge on any atom is -0.339 e. The minimum absolute atomic E-state index is 0.0249. The van der Waals surface area contributed by atoms with Crippen molar-refractivity contribution in [3.8, 4) is 0 Å².